The smallest absolute Gasteiger partial charge is 0.326 e. The van der Waals surface area contributed by atoms with Crippen molar-refractivity contribution in [2.75, 3.05) is 0 Å². The van der Waals surface area contributed by atoms with Gasteiger partial charge in [-0.15, -0.1) is 0 Å². The van der Waals surface area contributed by atoms with E-state index in [1.165, 1.54) is 6.07 Å². The molecule has 0 unspecified atom stereocenters. The van der Waals surface area contributed by atoms with E-state index in [0.717, 1.165) is 6.07 Å². The van der Waals surface area contributed by atoms with Crippen molar-refractivity contribution in [1.29, 1.82) is 5.26 Å². The third kappa shape index (κ3) is 2.49. The Morgan fingerprint density at radius 1 is 1.40 bits per heavy atom. The van der Waals surface area contributed by atoms with Crippen molar-refractivity contribution in [3.63, 3.8) is 0 Å². The van der Waals surface area contributed by atoms with Crippen molar-refractivity contribution in [2.24, 2.45) is 5.73 Å². The molecule has 0 atom stereocenters. The number of hydrogen-bond acceptors (Lipinski definition) is 2. The Hall–Kier alpha value is -1.06. The van der Waals surface area contributed by atoms with Crippen molar-refractivity contribution in [1.82, 2.24) is 0 Å². The standard InChI is InChI=1S/C9H6BrF3N2/c10-6-1-5(3-14)7(4-15)8(2-6)9(11,12)13/h1-2H,4,15H2. The quantitative estimate of drug-likeness (QED) is 0.859. The fraction of sp³-hybridized carbons (Fsp3) is 0.222. The number of alkyl halides is 3. The van der Waals surface area contributed by atoms with Gasteiger partial charge in [0.2, 0.25) is 0 Å². The topological polar surface area (TPSA) is 49.8 Å². The lowest BCUT2D eigenvalue weighted by Crippen LogP contribution is -2.13. The summed E-state index contributed by atoms with van der Waals surface area (Å²) >= 11 is 2.92. The van der Waals surface area contributed by atoms with E-state index < -0.39 is 11.7 Å². The van der Waals surface area contributed by atoms with Crippen molar-refractivity contribution >= 4 is 15.9 Å². The first-order chi connectivity index (χ1) is 6.90. The van der Waals surface area contributed by atoms with Crippen LogP contribution in [-0.4, -0.2) is 0 Å². The minimum atomic E-state index is -4.50. The molecule has 2 N–H and O–H groups in total. The fourth-order valence-corrected chi connectivity index (χ4v) is 1.67. The number of rotatable bonds is 1. The van der Waals surface area contributed by atoms with E-state index in [9.17, 15) is 13.2 Å². The molecule has 0 bridgehead atoms. The van der Waals surface area contributed by atoms with Gasteiger partial charge in [-0.1, -0.05) is 15.9 Å². The number of nitrogens with zero attached hydrogens (tertiary/aromatic N) is 1. The summed E-state index contributed by atoms with van der Waals surface area (Å²) < 4.78 is 37.8. The molecule has 1 aromatic carbocycles. The molecule has 80 valence electrons. The van der Waals surface area contributed by atoms with E-state index >= 15 is 0 Å². The molecule has 0 amide bonds. The monoisotopic (exact) mass is 278 g/mol. The zero-order valence-electron chi connectivity index (χ0n) is 7.40. The summed E-state index contributed by atoms with van der Waals surface area (Å²) in [6, 6.07) is 3.93. The molecule has 2 nitrogen and oxygen atoms in total. The minimum Gasteiger partial charge on any atom is -0.326 e. The van der Waals surface area contributed by atoms with E-state index in [-0.39, 0.29) is 22.1 Å². The second-order valence-corrected chi connectivity index (χ2v) is 3.71. The molecule has 0 aliphatic heterocycles. The minimum absolute atomic E-state index is 0.0563. The van der Waals surface area contributed by atoms with E-state index in [0.29, 0.717) is 0 Å². The van der Waals surface area contributed by atoms with Gasteiger partial charge in [-0.2, -0.15) is 18.4 Å². The highest BCUT2D eigenvalue weighted by Gasteiger charge is 2.34. The van der Waals surface area contributed by atoms with Crippen LogP contribution in [0.2, 0.25) is 0 Å². The summed E-state index contributed by atoms with van der Waals surface area (Å²) in [6.45, 7) is -0.314. The van der Waals surface area contributed by atoms with Crippen molar-refractivity contribution in [2.45, 2.75) is 12.7 Å². The van der Waals surface area contributed by atoms with E-state index in [1.807, 2.05) is 0 Å². The molecule has 0 saturated carbocycles. The van der Waals surface area contributed by atoms with Gasteiger partial charge in [0.05, 0.1) is 17.2 Å². The van der Waals surface area contributed by atoms with Crippen LogP contribution in [0, 0.1) is 11.3 Å². The highest BCUT2D eigenvalue weighted by molar-refractivity contribution is 9.10. The first-order valence-electron chi connectivity index (χ1n) is 3.90. The molecule has 0 aromatic heterocycles. The van der Waals surface area contributed by atoms with Gasteiger partial charge in [0.15, 0.2) is 0 Å². The van der Waals surface area contributed by atoms with Gasteiger partial charge in [0.25, 0.3) is 0 Å². The van der Waals surface area contributed by atoms with Gasteiger partial charge in [0, 0.05) is 11.0 Å². The Bertz CT molecular complexity index is 421. The van der Waals surface area contributed by atoms with E-state index in [1.54, 1.807) is 6.07 Å². The number of hydrogen-bond donors (Lipinski definition) is 1. The molecule has 15 heavy (non-hydrogen) atoms. The summed E-state index contributed by atoms with van der Waals surface area (Å²) in [7, 11) is 0. The van der Waals surface area contributed by atoms with Crippen LogP contribution in [0.25, 0.3) is 0 Å². The Labute approximate surface area is 92.6 Å². The summed E-state index contributed by atoms with van der Waals surface area (Å²) in [5, 5.41) is 8.67. The van der Waals surface area contributed by atoms with Gasteiger partial charge in [0.1, 0.15) is 0 Å². The third-order valence-corrected chi connectivity index (χ3v) is 2.30. The van der Waals surface area contributed by atoms with Crippen LogP contribution in [0.1, 0.15) is 16.7 Å². The molecule has 0 heterocycles. The Morgan fingerprint density at radius 2 is 2.00 bits per heavy atom. The lowest BCUT2D eigenvalue weighted by Gasteiger charge is -2.13. The molecule has 1 aromatic rings. The van der Waals surface area contributed by atoms with E-state index in [4.69, 9.17) is 11.0 Å². The van der Waals surface area contributed by atoms with Crippen molar-refractivity contribution in [3.05, 3.63) is 33.3 Å². The summed E-state index contributed by atoms with van der Waals surface area (Å²) in [5.74, 6) is 0. The zero-order valence-corrected chi connectivity index (χ0v) is 8.98. The number of benzene rings is 1. The first-order valence-corrected chi connectivity index (χ1v) is 4.69. The summed E-state index contributed by atoms with van der Waals surface area (Å²) in [6.07, 6.45) is -4.50. The third-order valence-electron chi connectivity index (χ3n) is 1.84. The van der Waals surface area contributed by atoms with E-state index in [2.05, 4.69) is 15.9 Å². The van der Waals surface area contributed by atoms with Crippen LogP contribution < -0.4 is 5.73 Å². The van der Waals surface area contributed by atoms with Crippen LogP contribution in [0.15, 0.2) is 16.6 Å². The molecule has 0 spiro atoms. The maximum Gasteiger partial charge on any atom is 0.416 e. The Balaban J connectivity index is 3.51. The van der Waals surface area contributed by atoms with Gasteiger partial charge in [-0.05, 0) is 17.7 Å². The van der Waals surface area contributed by atoms with Crippen LogP contribution in [0.4, 0.5) is 13.2 Å². The average molecular weight is 279 g/mol. The molecular formula is C9H6BrF3N2. The normalized spacial score (nSPS) is 11.2. The summed E-state index contributed by atoms with van der Waals surface area (Å²) in [4.78, 5) is 0. The van der Waals surface area contributed by atoms with Gasteiger partial charge in [-0.25, -0.2) is 0 Å². The SMILES string of the molecule is N#Cc1cc(Br)cc(C(F)(F)F)c1CN. The van der Waals surface area contributed by atoms with Crippen molar-refractivity contribution < 1.29 is 13.2 Å². The molecule has 1 rings (SSSR count). The molecule has 0 saturated heterocycles. The molecule has 0 radical (unpaired) electrons. The Morgan fingerprint density at radius 3 is 2.40 bits per heavy atom. The molecular weight excluding hydrogens is 273 g/mol. The maximum atomic E-state index is 12.5. The Kier molecular flexibility index (Phi) is 3.37. The lowest BCUT2D eigenvalue weighted by atomic mass is 10.0. The maximum absolute atomic E-state index is 12.5. The molecule has 0 aliphatic carbocycles. The van der Waals surface area contributed by atoms with Crippen LogP contribution in [0.3, 0.4) is 0 Å². The highest BCUT2D eigenvalue weighted by Crippen LogP contribution is 2.35. The fourth-order valence-electron chi connectivity index (χ4n) is 1.21. The predicted molar refractivity (Wildman–Crippen MR) is 51.8 cm³/mol. The lowest BCUT2D eigenvalue weighted by molar-refractivity contribution is -0.138. The highest BCUT2D eigenvalue weighted by atomic mass is 79.9. The van der Waals surface area contributed by atoms with Crippen LogP contribution in [-0.2, 0) is 12.7 Å². The predicted octanol–water partition coefficient (Wildman–Crippen LogP) is 2.80. The molecule has 6 heteroatoms. The van der Waals surface area contributed by atoms with Crippen LogP contribution >= 0.6 is 15.9 Å². The number of nitriles is 1. The second kappa shape index (κ2) is 4.21. The second-order valence-electron chi connectivity index (χ2n) is 2.79. The molecule has 0 fully saturated rings. The number of halogens is 4. The average Bonchev–Trinajstić information content (AvgIpc) is 2.15. The van der Waals surface area contributed by atoms with Gasteiger partial charge in [-0.3, -0.25) is 0 Å². The van der Waals surface area contributed by atoms with Crippen molar-refractivity contribution in [3.8, 4) is 6.07 Å². The number of nitrogens with two attached hydrogens (primary N) is 1. The van der Waals surface area contributed by atoms with Gasteiger partial charge < -0.3 is 5.73 Å². The van der Waals surface area contributed by atoms with Crippen LogP contribution in [0.5, 0.6) is 0 Å². The largest absolute Gasteiger partial charge is 0.416 e. The van der Waals surface area contributed by atoms with Gasteiger partial charge >= 0.3 is 6.18 Å². The summed E-state index contributed by atoms with van der Waals surface area (Å²) in [5.41, 5.74) is 4.11. The molecule has 0 aliphatic rings. The zero-order chi connectivity index (χ0) is 11.6. The first kappa shape index (κ1) is 12.0.